The van der Waals surface area contributed by atoms with E-state index in [1.807, 2.05) is 26.0 Å². The van der Waals surface area contributed by atoms with E-state index in [4.69, 9.17) is 0 Å². The monoisotopic (exact) mass is 310 g/mol. The second-order valence-electron chi connectivity index (χ2n) is 6.00. The summed E-state index contributed by atoms with van der Waals surface area (Å²) in [4.78, 5) is 0.413. The van der Waals surface area contributed by atoms with Gasteiger partial charge in [-0.1, -0.05) is 19.1 Å². The van der Waals surface area contributed by atoms with Gasteiger partial charge in [0.2, 0.25) is 10.0 Å². The third-order valence-electron chi connectivity index (χ3n) is 4.17. The summed E-state index contributed by atoms with van der Waals surface area (Å²) >= 11 is 0. The Hall–Kier alpha value is -0.910. The van der Waals surface area contributed by atoms with Crippen LogP contribution < -0.4 is 10.0 Å². The molecule has 1 fully saturated rings. The van der Waals surface area contributed by atoms with Gasteiger partial charge in [0.15, 0.2) is 0 Å². The molecule has 1 aromatic carbocycles. The van der Waals surface area contributed by atoms with Gasteiger partial charge in [-0.15, -0.1) is 0 Å². The van der Waals surface area contributed by atoms with Crippen LogP contribution in [-0.2, 0) is 10.0 Å². The van der Waals surface area contributed by atoms with Gasteiger partial charge in [0.05, 0.1) is 4.90 Å². The highest BCUT2D eigenvalue weighted by molar-refractivity contribution is 7.89. The third kappa shape index (κ3) is 4.28. The molecule has 1 aliphatic carbocycles. The van der Waals surface area contributed by atoms with Crippen LogP contribution in [0.4, 0.5) is 0 Å². The zero-order valence-electron chi connectivity index (χ0n) is 13.1. The highest BCUT2D eigenvalue weighted by Crippen LogP contribution is 2.22. The molecule has 0 bridgehead atoms. The van der Waals surface area contributed by atoms with E-state index in [0.717, 1.165) is 43.4 Å². The SMILES string of the molecule is CCNC1CCC(NS(=O)(=O)c2cc(C)ccc2C)CC1. The Morgan fingerprint density at radius 3 is 2.33 bits per heavy atom. The number of aryl methyl sites for hydroxylation is 2. The summed E-state index contributed by atoms with van der Waals surface area (Å²) < 4.78 is 28.0. The first kappa shape index (κ1) is 16.5. The smallest absolute Gasteiger partial charge is 0.241 e. The van der Waals surface area contributed by atoms with Crippen molar-refractivity contribution in [3.8, 4) is 0 Å². The van der Waals surface area contributed by atoms with E-state index in [1.165, 1.54) is 0 Å². The molecule has 21 heavy (non-hydrogen) atoms. The first-order chi connectivity index (χ1) is 9.92. The first-order valence-electron chi connectivity index (χ1n) is 7.75. The molecule has 0 aromatic heterocycles. The highest BCUT2D eigenvalue weighted by atomic mass is 32.2. The molecule has 0 aliphatic heterocycles. The van der Waals surface area contributed by atoms with E-state index < -0.39 is 10.0 Å². The summed E-state index contributed by atoms with van der Waals surface area (Å²) in [6.07, 6.45) is 3.88. The molecule has 0 atom stereocenters. The van der Waals surface area contributed by atoms with E-state index in [0.29, 0.717) is 10.9 Å². The van der Waals surface area contributed by atoms with Crippen molar-refractivity contribution in [3.63, 3.8) is 0 Å². The molecule has 0 radical (unpaired) electrons. The maximum Gasteiger partial charge on any atom is 0.241 e. The van der Waals surface area contributed by atoms with Crippen molar-refractivity contribution in [2.24, 2.45) is 0 Å². The highest BCUT2D eigenvalue weighted by Gasteiger charge is 2.26. The molecular weight excluding hydrogens is 284 g/mol. The van der Waals surface area contributed by atoms with E-state index in [-0.39, 0.29) is 6.04 Å². The van der Waals surface area contributed by atoms with Crippen molar-refractivity contribution >= 4 is 10.0 Å². The van der Waals surface area contributed by atoms with E-state index in [2.05, 4.69) is 17.0 Å². The van der Waals surface area contributed by atoms with Crippen molar-refractivity contribution < 1.29 is 8.42 Å². The molecule has 118 valence electrons. The van der Waals surface area contributed by atoms with Gasteiger partial charge in [0, 0.05) is 12.1 Å². The summed E-state index contributed by atoms with van der Waals surface area (Å²) in [5, 5.41) is 3.44. The van der Waals surface area contributed by atoms with Crippen LogP contribution in [0.3, 0.4) is 0 Å². The van der Waals surface area contributed by atoms with Crippen molar-refractivity contribution in [2.45, 2.75) is 63.4 Å². The lowest BCUT2D eigenvalue weighted by Crippen LogP contribution is -2.42. The van der Waals surface area contributed by atoms with Crippen molar-refractivity contribution in [1.82, 2.24) is 10.0 Å². The predicted molar refractivity (Wildman–Crippen MR) is 86.0 cm³/mol. The molecule has 2 N–H and O–H groups in total. The topological polar surface area (TPSA) is 58.2 Å². The van der Waals surface area contributed by atoms with Crippen molar-refractivity contribution in [1.29, 1.82) is 0 Å². The summed E-state index contributed by atoms with van der Waals surface area (Å²) in [5.41, 5.74) is 1.77. The summed E-state index contributed by atoms with van der Waals surface area (Å²) in [6.45, 7) is 6.84. The van der Waals surface area contributed by atoms with Crippen LogP contribution >= 0.6 is 0 Å². The molecule has 4 nitrogen and oxygen atoms in total. The minimum atomic E-state index is -3.41. The number of nitrogens with one attached hydrogen (secondary N) is 2. The number of rotatable bonds is 5. The molecule has 1 saturated carbocycles. The van der Waals surface area contributed by atoms with E-state index >= 15 is 0 Å². The maximum atomic E-state index is 12.6. The van der Waals surface area contributed by atoms with E-state index in [1.54, 1.807) is 6.07 Å². The first-order valence-corrected chi connectivity index (χ1v) is 9.23. The summed E-state index contributed by atoms with van der Waals surface area (Å²) in [6, 6.07) is 6.16. The molecule has 0 saturated heterocycles. The van der Waals surface area contributed by atoms with Crippen molar-refractivity contribution in [3.05, 3.63) is 29.3 Å². The van der Waals surface area contributed by atoms with Crippen LogP contribution in [0.1, 0.15) is 43.7 Å². The summed E-state index contributed by atoms with van der Waals surface area (Å²) in [7, 11) is -3.41. The lowest BCUT2D eigenvalue weighted by atomic mass is 9.92. The molecule has 1 aromatic rings. The molecule has 0 amide bonds. The zero-order chi connectivity index (χ0) is 15.5. The molecule has 0 unspecified atom stereocenters. The van der Waals surface area contributed by atoms with Gasteiger partial charge in [-0.25, -0.2) is 13.1 Å². The Morgan fingerprint density at radius 1 is 1.10 bits per heavy atom. The van der Waals surface area contributed by atoms with Crippen LogP contribution in [0.25, 0.3) is 0 Å². The van der Waals surface area contributed by atoms with Crippen LogP contribution in [-0.4, -0.2) is 27.0 Å². The Balaban J connectivity index is 2.04. The van der Waals surface area contributed by atoms with Gasteiger partial charge in [-0.3, -0.25) is 0 Å². The molecule has 0 heterocycles. The summed E-state index contributed by atoms with van der Waals surface area (Å²) in [5.74, 6) is 0. The standard InChI is InChI=1S/C16H26N2O2S/c1-4-17-14-7-9-15(10-8-14)18-21(19,20)16-11-12(2)5-6-13(16)3/h5-6,11,14-15,17-18H,4,7-10H2,1-3H3. The fourth-order valence-electron chi connectivity index (χ4n) is 2.98. The Labute approximate surface area is 128 Å². The van der Waals surface area contributed by atoms with Gasteiger partial charge in [-0.2, -0.15) is 0 Å². The zero-order valence-corrected chi connectivity index (χ0v) is 14.0. The van der Waals surface area contributed by atoms with Gasteiger partial charge >= 0.3 is 0 Å². The number of benzene rings is 1. The number of hydrogen-bond donors (Lipinski definition) is 2. The van der Waals surface area contributed by atoms with Crippen LogP contribution in [0, 0.1) is 13.8 Å². The molecule has 0 spiro atoms. The largest absolute Gasteiger partial charge is 0.314 e. The lowest BCUT2D eigenvalue weighted by Gasteiger charge is -2.29. The second-order valence-corrected chi connectivity index (χ2v) is 7.68. The second kappa shape index (κ2) is 6.90. The Bertz CT molecular complexity index is 576. The minimum Gasteiger partial charge on any atom is -0.314 e. The maximum absolute atomic E-state index is 12.6. The Morgan fingerprint density at radius 2 is 1.71 bits per heavy atom. The van der Waals surface area contributed by atoms with Crippen molar-refractivity contribution in [2.75, 3.05) is 6.54 Å². The fraction of sp³-hybridized carbons (Fsp3) is 0.625. The molecule has 2 rings (SSSR count). The number of sulfonamides is 1. The van der Waals surface area contributed by atoms with Gasteiger partial charge < -0.3 is 5.32 Å². The molecule has 1 aliphatic rings. The third-order valence-corrected chi connectivity index (χ3v) is 5.84. The minimum absolute atomic E-state index is 0.0600. The van der Waals surface area contributed by atoms with Crippen LogP contribution in [0.5, 0.6) is 0 Å². The van der Waals surface area contributed by atoms with Gasteiger partial charge in [0.25, 0.3) is 0 Å². The normalized spacial score (nSPS) is 23.2. The molecule has 5 heteroatoms. The average molecular weight is 310 g/mol. The van der Waals surface area contributed by atoms with Crippen LogP contribution in [0.2, 0.25) is 0 Å². The van der Waals surface area contributed by atoms with Crippen LogP contribution in [0.15, 0.2) is 23.1 Å². The Kier molecular flexibility index (Phi) is 5.41. The van der Waals surface area contributed by atoms with E-state index in [9.17, 15) is 8.42 Å². The lowest BCUT2D eigenvalue weighted by molar-refractivity contribution is 0.333. The number of hydrogen-bond acceptors (Lipinski definition) is 3. The average Bonchev–Trinajstić information content (AvgIpc) is 2.43. The predicted octanol–water partition coefficient (Wildman–Crippen LogP) is 2.50. The fourth-order valence-corrected chi connectivity index (χ4v) is 4.62. The van der Waals surface area contributed by atoms with Gasteiger partial charge in [-0.05, 0) is 63.3 Å². The quantitative estimate of drug-likeness (QED) is 0.878. The van der Waals surface area contributed by atoms with Gasteiger partial charge in [0.1, 0.15) is 0 Å². The molecular formula is C16H26N2O2S.